The lowest BCUT2D eigenvalue weighted by Gasteiger charge is -2.21. The van der Waals surface area contributed by atoms with E-state index in [1.807, 2.05) is 57.2 Å². The summed E-state index contributed by atoms with van der Waals surface area (Å²) in [5.74, 6) is 2.51. The SMILES string of the molecule is COc1cccc(CNCc2ccc3c(c2)OCO3)c1OCC(=O)NC(C)(C)C.Cl. The molecule has 1 aliphatic rings. The topological polar surface area (TPSA) is 78.1 Å². The number of ether oxygens (including phenoxy) is 4. The molecule has 1 aliphatic heterocycles. The van der Waals surface area contributed by atoms with E-state index in [-0.39, 0.29) is 37.3 Å². The highest BCUT2D eigenvalue weighted by Crippen LogP contribution is 2.33. The Hall–Kier alpha value is -2.64. The average Bonchev–Trinajstić information content (AvgIpc) is 3.13. The normalized spacial score (nSPS) is 12.1. The molecule has 0 radical (unpaired) electrons. The molecule has 0 unspecified atom stereocenters. The quantitative estimate of drug-likeness (QED) is 0.660. The first-order chi connectivity index (χ1) is 13.9. The predicted octanol–water partition coefficient (Wildman–Crippen LogP) is 3.43. The van der Waals surface area contributed by atoms with Gasteiger partial charge in [-0.1, -0.05) is 18.2 Å². The van der Waals surface area contributed by atoms with E-state index in [2.05, 4.69) is 10.6 Å². The lowest BCUT2D eigenvalue weighted by Crippen LogP contribution is -2.43. The molecule has 2 aromatic rings. The maximum atomic E-state index is 12.1. The molecule has 0 aromatic heterocycles. The molecule has 3 rings (SSSR count). The molecule has 2 N–H and O–H groups in total. The third-order valence-corrected chi connectivity index (χ3v) is 4.22. The summed E-state index contributed by atoms with van der Waals surface area (Å²) >= 11 is 0. The summed E-state index contributed by atoms with van der Waals surface area (Å²) < 4.78 is 22.0. The van der Waals surface area contributed by atoms with Crippen LogP contribution in [0.4, 0.5) is 0 Å². The lowest BCUT2D eigenvalue weighted by atomic mass is 10.1. The van der Waals surface area contributed by atoms with Gasteiger partial charge >= 0.3 is 0 Å². The number of carbonyl (C=O) groups excluding carboxylic acids is 1. The molecule has 1 heterocycles. The summed E-state index contributed by atoms with van der Waals surface area (Å²) in [4.78, 5) is 12.1. The van der Waals surface area contributed by atoms with Gasteiger partial charge in [-0.2, -0.15) is 0 Å². The molecular weight excluding hydrogens is 408 g/mol. The van der Waals surface area contributed by atoms with Crippen molar-refractivity contribution in [2.45, 2.75) is 39.4 Å². The zero-order valence-corrected chi connectivity index (χ0v) is 18.6. The van der Waals surface area contributed by atoms with Crippen molar-refractivity contribution >= 4 is 18.3 Å². The second-order valence-electron chi connectivity index (χ2n) is 7.83. The molecule has 0 aliphatic carbocycles. The van der Waals surface area contributed by atoms with Crippen molar-refractivity contribution < 1.29 is 23.7 Å². The average molecular weight is 437 g/mol. The molecule has 164 valence electrons. The number of fused-ring (bicyclic) bond motifs is 1. The van der Waals surface area contributed by atoms with Gasteiger partial charge in [0.1, 0.15) is 0 Å². The molecule has 8 heteroatoms. The van der Waals surface area contributed by atoms with Gasteiger partial charge in [0.25, 0.3) is 5.91 Å². The first kappa shape index (κ1) is 23.6. The third-order valence-electron chi connectivity index (χ3n) is 4.22. The monoisotopic (exact) mass is 436 g/mol. The fraction of sp³-hybridized carbons (Fsp3) is 0.409. The number of carbonyl (C=O) groups is 1. The summed E-state index contributed by atoms with van der Waals surface area (Å²) in [6.45, 7) is 7.18. The van der Waals surface area contributed by atoms with Gasteiger partial charge in [0.05, 0.1) is 7.11 Å². The van der Waals surface area contributed by atoms with Crippen LogP contribution >= 0.6 is 12.4 Å². The summed E-state index contributed by atoms with van der Waals surface area (Å²) in [7, 11) is 1.58. The van der Waals surface area contributed by atoms with Crippen molar-refractivity contribution in [3.8, 4) is 23.0 Å². The summed E-state index contributed by atoms with van der Waals surface area (Å²) in [6, 6.07) is 11.5. The highest BCUT2D eigenvalue weighted by Gasteiger charge is 2.17. The first-order valence-corrected chi connectivity index (χ1v) is 9.54. The Balaban J connectivity index is 0.00000320. The minimum Gasteiger partial charge on any atom is -0.493 e. The molecule has 0 bridgehead atoms. The van der Waals surface area contributed by atoms with Crippen LogP contribution in [0, 0.1) is 0 Å². The van der Waals surface area contributed by atoms with Gasteiger partial charge in [0.2, 0.25) is 6.79 Å². The van der Waals surface area contributed by atoms with Crippen molar-refractivity contribution in [3.63, 3.8) is 0 Å². The Morgan fingerprint density at radius 3 is 2.60 bits per heavy atom. The van der Waals surface area contributed by atoms with Crippen molar-refractivity contribution in [3.05, 3.63) is 47.5 Å². The van der Waals surface area contributed by atoms with Gasteiger partial charge in [0, 0.05) is 24.2 Å². The fourth-order valence-corrected chi connectivity index (χ4v) is 3.01. The van der Waals surface area contributed by atoms with Crippen molar-refractivity contribution in [1.29, 1.82) is 0 Å². The summed E-state index contributed by atoms with van der Waals surface area (Å²) in [5.41, 5.74) is 1.69. The summed E-state index contributed by atoms with van der Waals surface area (Å²) in [5, 5.41) is 6.28. The standard InChI is InChI=1S/C22H28N2O5.ClH/c1-22(2,3)24-20(25)13-27-21-16(6-5-7-18(21)26-4)12-23-11-15-8-9-17-19(10-15)29-14-28-17;/h5-10,23H,11-14H2,1-4H3,(H,24,25);1H. The molecule has 7 nitrogen and oxygen atoms in total. The van der Waals surface area contributed by atoms with E-state index in [1.54, 1.807) is 7.11 Å². The van der Waals surface area contributed by atoms with Gasteiger partial charge in [-0.25, -0.2) is 0 Å². The minimum absolute atomic E-state index is 0. The van der Waals surface area contributed by atoms with Crippen LogP contribution in [-0.2, 0) is 17.9 Å². The lowest BCUT2D eigenvalue weighted by molar-refractivity contribution is -0.124. The smallest absolute Gasteiger partial charge is 0.258 e. The van der Waals surface area contributed by atoms with Gasteiger partial charge < -0.3 is 29.6 Å². The molecule has 0 atom stereocenters. The van der Waals surface area contributed by atoms with E-state index in [1.165, 1.54) is 0 Å². The van der Waals surface area contributed by atoms with Crippen LogP contribution in [0.5, 0.6) is 23.0 Å². The Bertz CT molecular complexity index is 867. The van der Waals surface area contributed by atoms with Crippen LogP contribution in [0.2, 0.25) is 0 Å². The predicted molar refractivity (Wildman–Crippen MR) is 117 cm³/mol. The van der Waals surface area contributed by atoms with E-state index in [4.69, 9.17) is 18.9 Å². The van der Waals surface area contributed by atoms with E-state index in [0.717, 1.165) is 22.6 Å². The van der Waals surface area contributed by atoms with E-state index >= 15 is 0 Å². The molecule has 0 fully saturated rings. The van der Waals surface area contributed by atoms with Crippen molar-refractivity contribution in [2.75, 3.05) is 20.5 Å². The van der Waals surface area contributed by atoms with Gasteiger partial charge in [-0.3, -0.25) is 4.79 Å². The largest absolute Gasteiger partial charge is 0.493 e. The van der Waals surface area contributed by atoms with Crippen LogP contribution in [0.15, 0.2) is 36.4 Å². The Morgan fingerprint density at radius 2 is 1.87 bits per heavy atom. The Kier molecular flexibility index (Phi) is 8.20. The molecule has 2 aromatic carbocycles. The number of hydrogen-bond acceptors (Lipinski definition) is 6. The number of halogens is 1. The van der Waals surface area contributed by atoms with Crippen molar-refractivity contribution in [2.24, 2.45) is 0 Å². The van der Waals surface area contributed by atoms with Crippen LogP contribution < -0.4 is 29.6 Å². The fourth-order valence-electron chi connectivity index (χ4n) is 3.01. The maximum absolute atomic E-state index is 12.1. The van der Waals surface area contributed by atoms with Gasteiger partial charge in [0.15, 0.2) is 29.6 Å². The second-order valence-corrected chi connectivity index (χ2v) is 7.83. The van der Waals surface area contributed by atoms with Crippen LogP contribution in [-0.4, -0.2) is 32.0 Å². The van der Waals surface area contributed by atoms with Crippen LogP contribution in [0.3, 0.4) is 0 Å². The van der Waals surface area contributed by atoms with Crippen LogP contribution in [0.25, 0.3) is 0 Å². The Labute approximate surface area is 183 Å². The molecule has 0 spiro atoms. The minimum atomic E-state index is -0.309. The molecule has 0 saturated carbocycles. The number of hydrogen-bond donors (Lipinski definition) is 2. The highest BCUT2D eigenvalue weighted by atomic mass is 35.5. The zero-order chi connectivity index (χ0) is 20.9. The number of benzene rings is 2. The highest BCUT2D eigenvalue weighted by molar-refractivity contribution is 5.85. The van der Waals surface area contributed by atoms with Crippen molar-refractivity contribution in [1.82, 2.24) is 10.6 Å². The molecule has 0 saturated heterocycles. The number of rotatable bonds is 8. The first-order valence-electron chi connectivity index (χ1n) is 9.54. The maximum Gasteiger partial charge on any atom is 0.258 e. The third kappa shape index (κ3) is 6.43. The van der Waals surface area contributed by atoms with Crippen LogP contribution in [0.1, 0.15) is 31.9 Å². The number of para-hydroxylation sites is 1. The van der Waals surface area contributed by atoms with E-state index in [0.29, 0.717) is 24.6 Å². The van der Waals surface area contributed by atoms with Gasteiger partial charge in [-0.05, 0) is 44.5 Å². The van der Waals surface area contributed by atoms with E-state index < -0.39 is 0 Å². The molecular formula is C22H29ClN2O5. The van der Waals surface area contributed by atoms with Gasteiger partial charge in [-0.15, -0.1) is 12.4 Å². The molecule has 1 amide bonds. The number of methoxy groups -OCH3 is 1. The summed E-state index contributed by atoms with van der Waals surface area (Å²) in [6.07, 6.45) is 0. The number of nitrogens with one attached hydrogen (secondary N) is 2. The molecule has 30 heavy (non-hydrogen) atoms. The second kappa shape index (κ2) is 10.4. The number of amides is 1. The van der Waals surface area contributed by atoms with E-state index in [9.17, 15) is 4.79 Å². The zero-order valence-electron chi connectivity index (χ0n) is 17.7. The Morgan fingerprint density at radius 1 is 1.10 bits per heavy atom.